The Labute approximate surface area is 194 Å². The number of fused-ring (bicyclic) bond motifs is 2. The first-order valence-corrected chi connectivity index (χ1v) is 10.9. The third-order valence-electron chi connectivity index (χ3n) is 6.00. The zero-order valence-electron chi connectivity index (χ0n) is 18.8. The van der Waals surface area contributed by atoms with Gasteiger partial charge < -0.3 is 4.90 Å². The van der Waals surface area contributed by atoms with Gasteiger partial charge in [0.2, 0.25) is 5.91 Å². The van der Waals surface area contributed by atoms with E-state index < -0.39 is 4.92 Å². The fourth-order valence-electron chi connectivity index (χ4n) is 4.51. The van der Waals surface area contributed by atoms with Crippen LogP contribution in [0.4, 0.5) is 11.4 Å². The normalized spacial score (nSPS) is 13.2. The number of nitro benzene ring substituents is 1. The molecule has 4 aromatic rings. The summed E-state index contributed by atoms with van der Waals surface area (Å²) in [6.07, 6.45) is 4.18. The number of nitro groups is 1. The van der Waals surface area contributed by atoms with Crippen LogP contribution in [0.3, 0.4) is 0 Å². The first kappa shape index (κ1) is 21.5. The number of benzene rings is 2. The molecule has 5 rings (SSSR count). The van der Waals surface area contributed by atoms with Gasteiger partial charge in [0.25, 0.3) is 11.2 Å². The summed E-state index contributed by atoms with van der Waals surface area (Å²) in [5, 5.41) is 15.8. The molecule has 0 atom stereocenters. The number of hydrogen-bond donors (Lipinski definition) is 0. The van der Waals surface area contributed by atoms with Crippen molar-refractivity contribution in [3.8, 4) is 5.69 Å². The molecule has 0 N–H and O–H groups in total. The maximum Gasteiger partial charge on any atom is 0.269 e. The third-order valence-corrected chi connectivity index (χ3v) is 6.00. The number of amides is 1. The standard InChI is InChI=1S/C24H22N6O4/c1-15-8-16(2)10-19(9-15)29-23-20(12-26-29)24(32)27(14-25-23)13-22(31)28-7-3-4-17-11-18(30(33)34)5-6-21(17)28/h5-6,8-12,14H,3-4,7,13H2,1-2H3. The summed E-state index contributed by atoms with van der Waals surface area (Å²) in [7, 11) is 0. The molecule has 3 heterocycles. The highest BCUT2D eigenvalue weighted by Gasteiger charge is 2.25. The smallest absolute Gasteiger partial charge is 0.269 e. The SMILES string of the molecule is Cc1cc(C)cc(-n2ncc3c(=O)n(CC(=O)N4CCCc5cc([N+](=O)[O-])ccc54)cnc32)c1. The van der Waals surface area contributed by atoms with Crippen LogP contribution in [-0.4, -0.2) is 36.7 Å². The van der Waals surface area contributed by atoms with Crippen molar-refractivity contribution in [2.45, 2.75) is 33.2 Å². The number of nitrogens with zero attached hydrogens (tertiary/aromatic N) is 6. The van der Waals surface area contributed by atoms with Crippen molar-refractivity contribution in [2.24, 2.45) is 0 Å². The van der Waals surface area contributed by atoms with Gasteiger partial charge in [-0.15, -0.1) is 0 Å². The fourth-order valence-corrected chi connectivity index (χ4v) is 4.51. The zero-order chi connectivity index (χ0) is 24.0. The van der Waals surface area contributed by atoms with E-state index in [1.54, 1.807) is 15.6 Å². The van der Waals surface area contributed by atoms with E-state index in [1.165, 1.54) is 29.2 Å². The molecule has 0 spiro atoms. The first-order valence-electron chi connectivity index (χ1n) is 10.9. The number of non-ortho nitro benzene ring substituents is 1. The van der Waals surface area contributed by atoms with E-state index >= 15 is 0 Å². The number of carbonyl (C=O) groups excluding carboxylic acids is 1. The quantitative estimate of drug-likeness (QED) is 0.343. The molecular weight excluding hydrogens is 436 g/mol. The molecule has 1 aliphatic rings. The number of anilines is 1. The van der Waals surface area contributed by atoms with E-state index in [4.69, 9.17) is 0 Å². The van der Waals surface area contributed by atoms with Gasteiger partial charge in [-0.2, -0.15) is 5.10 Å². The Balaban J connectivity index is 1.45. The molecule has 10 heteroatoms. The molecule has 1 amide bonds. The Kier molecular flexibility index (Phi) is 5.20. The highest BCUT2D eigenvalue weighted by Crippen LogP contribution is 2.30. The van der Waals surface area contributed by atoms with Crippen LogP contribution in [0.25, 0.3) is 16.7 Å². The van der Waals surface area contributed by atoms with Crippen LogP contribution in [0.2, 0.25) is 0 Å². The molecular formula is C24H22N6O4. The molecule has 0 unspecified atom stereocenters. The molecule has 0 saturated carbocycles. The summed E-state index contributed by atoms with van der Waals surface area (Å²) in [6.45, 7) is 4.28. The lowest BCUT2D eigenvalue weighted by Crippen LogP contribution is -2.39. The Bertz CT molecular complexity index is 1500. The van der Waals surface area contributed by atoms with Crippen molar-refractivity contribution in [2.75, 3.05) is 11.4 Å². The lowest BCUT2D eigenvalue weighted by Gasteiger charge is -2.29. The number of carbonyl (C=O) groups is 1. The van der Waals surface area contributed by atoms with Gasteiger partial charge in [0.15, 0.2) is 5.65 Å². The minimum atomic E-state index is -0.445. The summed E-state index contributed by atoms with van der Waals surface area (Å²) in [5.74, 6) is -0.278. The van der Waals surface area contributed by atoms with Gasteiger partial charge in [-0.25, -0.2) is 9.67 Å². The van der Waals surface area contributed by atoms with Crippen LogP contribution in [-0.2, 0) is 17.8 Å². The Hall–Kier alpha value is -4.34. The summed E-state index contributed by atoms with van der Waals surface area (Å²) in [6, 6.07) is 10.5. The van der Waals surface area contributed by atoms with E-state index in [9.17, 15) is 19.7 Å². The summed E-state index contributed by atoms with van der Waals surface area (Å²) < 4.78 is 2.90. The molecule has 0 saturated heterocycles. The summed E-state index contributed by atoms with van der Waals surface area (Å²) in [4.78, 5) is 42.9. The van der Waals surface area contributed by atoms with Gasteiger partial charge in [-0.1, -0.05) is 6.07 Å². The maximum atomic E-state index is 13.1. The molecule has 2 aromatic carbocycles. The molecule has 2 aromatic heterocycles. The van der Waals surface area contributed by atoms with E-state index in [0.29, 0.717) is 36.1 Å². The zero-order valence-corrected chi connectivity index (χ0v) is 18.8. The number of rotatable bonds is 4. The Morgan fingerprint density at radius 1 is 1.15 bits per heavy atom. The fraction of sp³-hybridized carbons (Fsp3) is 0.250. The largest absolute Gasteiger partial charge is 0.311 e. The average molecular weight is 458 g/mol. The molecule has 0 radical (unpaired) electrons. The summed E-state index contributed by atoms with van der Waals surface area (Å²) in [5.41, 5.74) is 4.43. The van der Waals surface area contributed by atoms with E-state index in [0.717, 1.165) is 22.4 Å². The van der Waals surface area contributed by atoms with Crippen molar-refractivity contribution in [3.05, 3.63) is 86.1 Å². The van der Waals surface area contributed by atoms with Crippen LogP contribution < -0.4 is 10.5 Å². The molecule has 1 aliphatic heterocycles. The maximum absolute atomic E-state index is 13.1. The minimum absolute atomic E-state index is 0.000245. The van der Waals surface area contributed by atoms with E-state index in [-0.39, 0.29) is 23.7 Å². The molecule has 172 valence electrons. The molecule has 10 nitrogen and oxygen atoms in total. The lowest BCUT2D eigenvalue weighted by molar-refractivity contribution is -0.384. The lowest BCUT2D eigenvalue weighted by atomic mass is 10.0. The van der Waals surface area contributed by atoms with Gasteiger partial charge >= 0.3 is 0 Å². The molecule has 0 fully saturated rings. The van der Waals surface area contributed by atoms with Gasteiger partial charge in [-0.05, 0) is 61.6 Å². The molecule has 0 aliphatic carbocycles. The predicted molar refractivity (Wildman–Crippen MR) is 126 cm³/mol. The number of hydrogen-bond acceptors (Lipinski definition) is 6. The van der Waals surface area contributed by atoms with Gasteiger partial charge in [0, 0.05) is 24.4 Å². The van der Waals surface area contributed by atoms with Crippen molar-refractivity contribution in [1.29, 1.82) is 0 Å². The predicted octanol–water partition coefficient (Wildman–Crippen LogP) is 3.09. The first-order chi connectivity index (χ1) is 16.3. The van der Waals surface area contributed by atoms with Gasteiger partial charge in [-0.3, -0.25) is 24.3 Å². The van der Waals surface area contributed by atoms with Crippen LogP contribution in [0.5, 0.6) is 0 Å². The third kappa shape index (κ3) is 3.72. The van der Waals surface area contributed by atoms with Crippen molar-refractivity contribution < 1.29 is 9.72 Å². The Morgan fingerprint density at radius 2 is 1.91 bits per heavy atom. The number of aryl methyl sites for hydroxylation is 3. The second-order valence-corrected chi connectivity index (χ2v) is 8.54. The van der Waals surface area contributed by atoms with Crippen LogP contribution >= 0.6 is 0 Å². The second kappa shape index (κ2) is 8.22. The van der Waals surface area contributed by atoms with Crippen LogP contribution in [0.15, 0.2) is 53.7 Å². The van der Waals surface area contributed by atoms with Gasteiger partial charge in [0.1, 0.15) is 18.3 Å². The Morgan fingerprint density at radius 3 is 2.65 bits per heavy atom. The van der Waals surface area contributed by atoms with Crippen molar-refractivity contribution in [1.82, 2.24) is 19.3 Å². The average Bonchev–Trinajstić information content (AvgIpc) is 3.24. The summed E-state index contributed by atoms with van der Waals surface area (Å²) >= 11 is 0. The second-order valence-electron chi connectivity index (χ2n) is 8.54. The minimum Gasteiger partial charge on any atom is -0.311 e. The highest BCUT2D eigenvalue weighted by atomic mass is 16.6. The van der Waals surface area contributed by atoms with Crippen LogP contribution in [0, 0.1) is 24.0 Å². The van der Waals surface area contributed by atoms with Crippen molar-refractivity contribution >= 4 is 28.3 Å². The molecule has 0 bridgehead atoms. The molecule has 34 heavy (non-hydrogen) atoms. The highest BCUT2D eigenvalue weighted by molar-refractivity contribution is 5.94. The van der Waals surface area contributed by atoms with E-state index in [2.05, 4.69) is 16.1 Å². The van der Waals surface area contributed by atoms with E-state index in [1.807, 2.05) is 26.0 Å². The van der Waals surface area contributed by atoms with Crippen molar-refractivity contribution in [3.63, 3.8) is 0 Å². The van der Waals surface area contributed by atoms with Gasteiger partial charge in [0.05, 0.1) is 16.8 Å². The topological polar surface area (TPSA) is 116 Å². The van der Waals surface area contributed by atoms with Crippen LogP contribution in [0.1, 0.15) is 23.1 Å². The number of aromatic nitrogens is 4. The monoisotopic (exact) mass is 458 g/mol.